The van der Waals surface area contributed by atoms with Crippen molar-refractivity contribution in [2.45, 2.75) is 19.0 Å². The van der Waals surface area contributed by atoms with Crippen LogP contribution in [-0.2, 0) is 6.54 Å². The van der Waals surface area contributed by atoms with Gasteiger partial charge in [0, 0.05) is 37.3 Å². The molecule has 0 radical (unpaired) electrons. The first-order chi connectivity index (χ1) is 8.06. The zero-order chi connectivity index (χ0) is 12.4. The molecule has 5 nitrogen and oxygen atoms in total. The molecule has 2 rings (SSSR count). The van der Waals surface area contributed by atoms with E-state index >= 15 is 0 Å². The normalized spacial score (nSPS) is 19.6. The fourth-order valence-electron chi connectivity index (χ4n) is 2.03. The number of hydrogen-bond donors (Lipinski definition) is 1. The van der Waals surface area contributed by atoms with Crippen molar-refractivity contribution in [1.82, 2.24) is 4.90 Å². The van der Waals surface area contributed by atoms with Gasteiger partial charge < -0.3 is 5.73 Å². The summed E-state index contributed by atoms with van der Waals surface area (Å²) in [6.07, 6.45) is 0.911. The van der Waals surface area contributed by atoms with Gasteiger partial charge in [0.15, 0.2) is 0 Å². The number of nitro benzene ring substituents is 1. The molecule has 0 saturated carbocycles. The number of benzene rings is 1. The van der Waals surface area contributed by atoms with Crippen molar-refractivity contribution >= 4 is 18.1 Å². The highest BCUT2D eigenvalue weighted by molar-refractivity contribution is 5.85. The van der Waals surface area contributed by atoms with E-state index in [1.165, 1.54) is 12.1 Å². The van der Waals surface area contributed by atoms with Gasteiger partial charge in [-0.15, -0.1) is 12.4 Å². The van der Waals surface area contributed by atoms with Gasteiger partial charge in [-0.2, -0.15) is 0 Å². The lowest BCUT2D eigenvalue weighted by Crippen LogP contribution is -2.26. The first-order valence-electron chi connectivity index (χ1n) is 5.47. The Labute approximate surface area is 110 Å². The largest absolute Gasteiger partial charge is 0.326 e. The number of hydrogen-bond acceptors (Lipinski definition) is 4. The second kappa shape index (κ2) is 6.08. The van der Waals surface area contributed by atoms with Gasteiger partial charge in [0.25, 0.3) is 5.69 Å². The van der Waals surface area contributed by atoms with Crippen LogP contribution in [0, 0.1) is 15.9 Å². The van der Waals surface area contributed by atoms with E-state index in [4.69, 9.17) is 5.73 Å². The van der Waals surface area contributed by atoms with Crippen molar-refractivity contribution in [3.8, 4) is 0 Å². The fourth-order valence-corrected chi connectivity index (χ4v) is 2.03. The summed E-state index contributed by atoms with van der Waals surface area (Å²) in [5, 5.41) is 10.5. The molecule has 1 aromatic carbocycles. The highest BCUT2D eigenvalue weighted by atomic mass is 35.5. The van der Waals surface area contributed by atoms with E-state index in [1.54, 1.807) is 0 Å². The fraction of sp³-hybridized carbons (Fsp3) is 0.455. The minimum Gasteiger partial charge on any atom is -0.326 e. The Hall–Kier alpha value is -1.24. The number of non-ortho nitro benzene ring substituents is 1. The number of halogens is 2. The van der Waals surface area contributed by atoms with Crippen LogP contribution in [-0.4, -0.2) is 29.0 Å². The summed E-state index contributed by atoms with van der Waals surface area (Å²) in [5.74, 6) is -0.528. The Morgan fingerprint density at radius 2 is 2.28 bits per heavy atom. The average Bonchev–Trinajstić information content (AvgIpc) is 2.67. The molecule has 0 amide bonds. The molecule has 0 aliphatic carbocycles. The first kappa shape index (κ1) is 14.8. The van der Waals surface area contributed by atoms with Crippen LogP contribution in [0.25, 0.3) is 0 Å². The van der Waals surface area contributed by atoms with Crippen LogP contribution in [0.4, 0.5) is 10.1 Å². The molecule has 2 N–H and O–H groups in total. The van der Waals surface area contributed by atoms with Crippen molar-refractivity contribution in [2.24, 2.45) is 5.73 Å². The van der Waals surface area contributed by atoms with E-state index in [0.29, 0.717) is 12.1 Å². The molecule has 18 heavy (non-hydrogen) atoms. The number of likely N-dealkylation sites (tertiary alicyclic amines) is 1. The van der Waals surface area contributed by atoms with E-state index < -0.39 is 10.7 Å². The lowest BCUT2D eigenvalue weighted by molar-refractivity contribution is -0.385. The molecular weight excluding hydrogens is 261 g/mol. The summed E-state index contributed by atoms with van der Waals surface area (Å²) in [6.45, 7) is 2.05. The second-order valence-electron chi connectivity index (χ2n) is 4.32. The predicted octanol–water partition coefficient (Wildman–Crippen LogP) is 1.69. The van der Waals surface area contributed by atoms with Crippen LogP contribution in [0.5, 0.6) is 0 Å². The van der Waals surface area contributed by atoms with Gasteiger partial charge in [0.1, 0.15) is 5.82 Å². The molecule has 1 heterocycles. The Kier molecular flexibility index (Phi) is 5.01. The smallest absolute Gasteiger partial charge is 0.272 e. The Bertz CT molecular complexity index is 444. The third-order valence-electron chi connectivity index (χ3n) is 2.95. The third kappa shape index (κ3) is 3.38. The monoisotopic (exact) mass is 275 g/mol. The molecular formula is C11H15ClFN3O2. The van der Waals surface area contributed by atoms with Gasteiger partial charge in [0.2, 0.25) is 0 Å². The minimum absolute atomic E-state index is 0. The summed E-state index contributed by atoms with van der Waals surface area (Å²) in [6, 6.07) is 3.91. The number of rotatable bonds is 3. The van der Waals surface area contributed by atoms with E-state index in [0.717, 1.165) is 25.6 Å². The maximum absolute atomic E-state index is 13.6. The van der Waals surface area contributed by atoms with Crippen molar-refractivity contribution in [1.29, 1.82) is 0 Å². The van der Waals surface area contributed by atoms with E-state index in [1.807, 2.05) is 0 Å². The molecule has 0 bridgehead atoms. The summed E-state index contributed by atoms with van der Waals surface area (Å²) in [4.78, 5) is 11.9. The lowest BCUT2D eigenvalue weighted by Gasteiger charge is -2.15. The molecule has 0 spiro atoms. The average molecular weight is 276 g/mol. The molecule has 7 heteroatoms. The molecule has 1 fully saturated rings. The van der Waals surface area contributed by atoms with Crippen LogP contribution in [0.3, 0.4) is 0 Å². The van der Waals surface area contributed by atoms with Gasteiger partial charge in [0.05, 0.1) is 11.0 Å². The highest BCUT2D eigenvalue weighted by Crippen LogP contribution is 2.19. The lowest BCUT2D eigenvalue weighted by atomic mass is 10.2. The topological polar surface area (TPSA) is 72.4 Å². The molecule has 1 aliphatic heterocycles. The molecule has 1 aliphatic rings. The van der Waals surface area contributed by atoms with E-state index in [2.05, 4.69) is 4.90 Å². The van der Waals surface area contributed by atoms with Crippen LogP contribution in [0.1, 0.15) is 12.0 Å². The van der Waals surface area contributed by atoms with Crippen molar-refractivity contribution in [3.05, 3.63) is 39.7 Å². The number of nitrogens with zero attached hydrogens (tertiary/aromatic N) is 2. The van der Waals surface area contributed by atoms with Gasteiger partial charge in [-0.1, -0.05) is 0 Å². The van der Waals surface area contributed by atoms with Crippen LogP contribution < -0.4 is 5.73 Å². The minimum atomic E-state index is -0.599. The Balaban J connectivity index is 0.00000162. The predicted molar refractivity (Wildman–Crippen MR) is 68.2 cm³/mol. The van der Waals surface area contributed by atoms with Crippen LogP contribution >= 0.6 is 12.4 Å². The zero-order valence-electron chi connectivity index (χ0n) is 9.71. The van der Waals surface area contributed by atoms with Gasteiger partial charge in [-0.3, -0.25) is 15.0 Å². The summed E-state index contributed by atoms with van der Waals surface area (Å²) >= 11 is 0. The van der Waals surface area contributed by atoms with Crippen LogP contribution in [0.2, 0.25) is 0 Å². The van der Waals surface area contributed by atoms with Gasteiger partial charge >= 0.3 is 0 Å². The second-order valence-corrected chi connectivity index (χ2v) is 4.32. The highest BCUT2D eigenvalue weighted by Gasteiger charge is 2.20. The van der Waals surface area contributed by atoms with Crippen LogP contribution in [0.15, 0.2) is 18.2 Å². The van der Waals surface area contributed by atoms with E-state index in [-0.39, 0.29) is 24.1 Å². The van der Waals surface area contributed by atoms with Gasteiger partial charge in [-0.25, -0.2) is 4.39 Å². The number of nitro groups is 1. The standard InChI is InChI=1S/C11H14FN3O2.ClH/c12-11-5-10(15(16)17)2-1-8(11)6-14-4-3-9(13)7-14;/h1-2,5,9H,3-4,6-7,13H2;1H/t9-;/m0./s1. The SMILES string of the molecule is Cl.N[C@H]1CCN(Cc2ccc([N+](=O)[O-])cc2F)C1. The zero-order valence-corrected chi connectivity index (χ0v) is 10.5. The van der Waals surface area contributed by atoms with Crippen molar-refractivity contribution in [2.75, 3.05) is 13.1 Å². The molecule has 100 valence electrons. The number of nitrogens with two attached hydrogens (primary N) is 1. The summed E-state index contributed by atoms with van der Waals surface area (Å²) in [7, 11) is 0. The third-order valence-corrected chi connectivity index (χ3v) is 2.95. The maximum atomic E-state index is 13.6. The van der Waals surface area contributed by atoms with E-state index in [9.17, 15) is 14.5 Å². The summed E-state index contributed by atoms with van der Waals surface area (Å²) in [5.41, 5.74) is 6.01. The first-order valence-corrected chi connectivity index (χ1v) is 5.47. The summed E-state index contributed by atoms with van der Waals surface area (Å²) < 4.78 is 13.6. The molecule has 1 aromatic rings. The quantitative estimate of drug-likeness (QED) is 0.673. The molecule has 0 aromatic heterocycles. The Morgan fingerprint density at radius 3 is 2.78 bits per heavy atom. The van der Waals surface area contributed by atoms with Crippen molar-refractivity contribution < 1.29 is 9.31 Å². The molecule has 1 saturated heterocycles. The molecule has 1 atom stereocenters. The van der Waals surface area contributed by atoms with Gasteiger partial charge in [-0.05, 0) is 12.5 Å². The maximum Gasteiger partial charge on any atom is 0.272 e. The van der Waals surface area contributed by atoms with Crippen molar-refractivity contribution in [3.63, 3.8) is 0 Å². The Morgan fingerprint density at radius 1 is 1.56 bits per heavy atom. The molecule has 0 unspecified atom stereocenters.